The van der Waals surface area contributed by atoms with Crippen molar-refractivity contribution in [1.82, 2.24) is 15.0 Å². The van der Waals surface area contributed by atoms with E-state index in [1.807, 2.05) is 37.3 Å². The van der Waals surface area contributed by atoms with Gasteiger partial charge in [0.05, 0.1) is 11.7 Å². The molecule has 1 aromatic carbocycles. The van der Waals surface area contributed by atoms with Gasteiger partial charge in [-0.15, -0.1) is 0 Å². The van der Waals surface area contributed by atoms with E-state index in [2.05, 4.69) is 33.4 Å². The molecule has 0 radical (unpaired) electrons. The van der Waals surface area contributed by atoms with E-state index in [0.717, 1.165) is 33.4 Å². The number of anilines is 1. The maximum atomic E-state index is 9.67. The van der Waals surface area contributed by atoms with Crippen LogP contribution in [0.2, 0.25) is 0 Å². The maximum Gasteiger partial charge on any atom is 0.137 e. The van der Waals surface area contributed by atoms with Crippen LogP contribution in [0.15, 0.2) is 79.9 Å². The molecule has 5 nitrogen and oxygen atoms in total. The van der Waals surface area contributed by atoms with Crippen molar-refractivity contribution in [2.24, 2.45) is 0 Å². The summed E-state index contributed by atoms with van der Waals surface area (Å²) < 4.78 is 0. The first-order valence-electron chi connectivity index (χ1n) is 8.22. The Bertz CT molecular complexity index is 994. The van der Waals surface area contributed by atoms with Gasteiger partial charge in [0.15, 0.2) is 0 Å². The lowest BCUT2D eigenvalue weighted by Crippen LogP contribution is -2.17. The highest BCUT2D eigenvalue weighted by Crippen LogP contribution is 2.28. The fourth-order valence-electron chi connectivity index (χ4n) is 2.57. The lowest BCUT2D eigenvalue weighted by atomic mass is 10.0. The summed E-state index contributed by atoms with van der Waals surface area (Å²) in [6.45, 7) is 9.76. The Labute approximate surface area is 152 Å². The van der Waals surface area contributed by atoms with Gasteiger partial charge in [0, 0.05) is 23.2 Å². The topological polar surface area (TPSA) is 70.9 Å². The third kappa shape index (κ3) is 3.78. The lowest BCUT2D eigenvalue weighted by Gasteiger charge is -2.16. The molecule has 0 aliphatic heterocycles. The Morgan fingerprint density at radius 2 is 2.04 bits per heavy atom. The smallest absolute Gasteiger partial charge is 0.137 e. The van der Waals surface area contributed by atoms with Gasteiger partial charge in [-0.25, -0.2) is 9.97 Å². The molecule has 0 aliphatic carbocycles. The summed E-state index contributed by atoms with van der Waals surface area (Å²) in [6, 6.07) is 7.54. The molecule has 1 atom stereocenters. The second kappa shape index (κ2) is 7.61. The highest BCUT2D eigenvalue weighted by Gasteiger charge is 2.10. The van der Waals surface area contributed by atoms with Gasteiger partial charge in [0.1, 0.15) is 17.9 Å². The number of fused-ring (bicyclic) bond motifs is 1. The van der Waals surface area contributed by atoms with Crippen LogP contribution in [0.1, 0.15) is 6.92 Å². The Kier molecular flexibility index (Phi) is 5.08. The molecule has 130 valence electrons. The second-order valence-electron chi connectivity index (χ2n) is 5.92. The Morgan fingerprint density at radius 3 is 2.81 bits per heavy atom. The van der Waals surface area contributed by atoms with Gasteiger partial charge < -0.3 is 10.4 Å². The van der Waals surface area contributed by atoms with E-state index in [4.69, 9.17) is 0 Å². The van der Waals surface area contributed by atoms with Crippen molar-refractivity contribution in [1.29, 1.82) is 0 Å². The third-order valence-corrected chi connectivity index (χ3v) is 4.05. The molecule has 1 unspecified atom stereocenters. The van der Waals surface area contributed by atoms with Crippen molar-refractivity contribution >= 4 is 16.7 Å². The quantitative estimate of drug-likeness (QED) is 0.644. The van der Waals surface area contributed by atoms with Gasteiger partial charge in [0.25, 0.3) is 0 Å². The second-order valence-corrected chi connectivity index (χ2v) is 5.92. The van der Waals surface area contributed by atoms with E-state index in [1.165, 1.54) is 12.5 Å². The monoisotopic (exact) mass is 344 g/mol. The maximum absolute atomic E-state index is 9.67. The van der Waals surface area contributed by atoms with Crippen LogP contribution in [0, 0.1) is 0 Å². The number of aromatic nitrogens is 3. The SMILES string of the molecule is C=C/C=C\C(=C)C(C)Nc1ncnc2ccc(-c3cncc(O)c3)cc12. The van der Waals surface area contributed by atoms with Gasteiger partial charge >= 0.3 is 0 Å². The number of rotatable bonds is 6. The standard InChI is InChI=1S/C21H20N4O/c1-4-5-6-14(2)15(3)25-21-19-10-16(7-8-20(19)23-13-24-21)17-9-18(26)12-22-11-17/h4-13,15,26H,1-2H2,3H3,(H,23,24,25)/b6-5-. The van der Waals surface area contributed by atoms with Crippen molar-refractivity contribution in [3.63, 3.8) is 0 Å². The predicted molar refractivity (Wildman–Crippen MR) is 106 cm³/mol. The fourth-order valence-corrected chi connectivity index (χ4v) is 2.57. The fraction of sp³-hybridized carbons (Fsp3) is 0.0952. The van der Waals surface area contributed by atoms with Crippen LogP contribution in [0.3, 0.4) is 0 Å². The lowest BCUT2D eigenvalue weighted by molar-refractivity contribution is 0.473. The minimum Gasteiger partial charge on any atom is -0.506 e. The summed E-state index contributed by atoms with van der Waals surface area (Å²) in [6.07, 6.45) is 10.1. The van der Waals surface area contributed by atoms with Crippen molar-refractivity contribution in [2.75, 3.05) is 5.32 Å². The number of hydrogen-bond donors (Lipinski definition) is 2. The first kappa shape index (κ1) is 17.4. The van der Waals surface area contributed by atoms with Gasteiger partial charge in [-0.2, -0.15) is 0 Å². The zero-order chi connectivity index (χ0) is 18.5. The average molecular weight is 344 g/mol. The largest absolute Gasteiger partial charge is 0.506 e. The van der Waals surface area contributed by atoms with E-state index in [-0.39, 0.29) is 11.8 Å². The molecular formula is C21H20N4O. The molecule has 0 spiro atoms. The number of hydrogen-bond acceptors (Lipinski definition) is 5. The highest BCUT2D eigenvalue weighted by molar-refractivity contribution is 5.92. The van der Waals surface area contributed by atoms with Crippen molar-refractivity contribution in [3.8, 4) is 16.9 Å². The van der Waals surface area contributed by atoms with E-state index in [1.54, 1.807) is 18.3 Å². The number of nitrogens with zero attached hydrogens (tertiary/aromatic N) is 3. The summed E-state index contributed by atoms with van der Waals surface area (Å²) >= 11 is 0. The zero-order valence-electron chi connectivity index (χ0n) is 14.6. The molecule has 0 fully saturated rings. The van der Waals surface area contributed by atoms with E-state index < -0.39 is 0 Å². The van der Waals surface area contributed by atoms with Crippen molar-refractivity contribution in [2.45, 2.75) is 13.0 Å². The Morgan fingerprint density at radius 1 is 1.19 bits per heavy atom. The molecule has 3 rings (SSSR count). The van der Waals surface area contributed by atoms with E-state index >= 15 is 0 Å². The van der Waals surface area contributed by atoms with Crippen LogP contribution < -0.4 is 5.32 Å². The molecule has 2 heterocycles. The van der Waals surface area contributed by atoms with Crippen LogP contribution in [0.4, 0.5) is 5.82 Å². The molecule has 0 amide bonds. The summed E-state index contributed by atoms with van der Waals surface area (Å²) in [5.41, 5.74) is 3.51. The number of nitrogens with one attached hydrogen (secondary N) is 1. The van der Waals surface area contributed by atoms with Crippen molar-refractivity contribution in [3.05, 3.63) is 79.9 Å². The molecule has 5 heteroatoms. The van der Waals surface area contributed by atoms with Gasteiger partial charge in [-0.1, -0.05) is 37.5 Å². The predicted octanol–water partition coefficient (Wildman–Crippen LogP) is 4.50. The molecule has 0 saturated carbocycles. The van der Waals surface area contributed by atoms with Crippen molar-refractivity contribution < 1.29 is 5.11 Å². The third-order valence-electron chi connectivity index (χ3n) is 4.05. The normalized spacial score (nSPS) is 12.2. The van der Waals surface area contributed by atoms with E-state index in [0.29, 0.717) is 0 Å². The minimum atomic E-state index is -0.00427. The molecule has 2 N–H and O–H groups in total. The van der Waals surface area contributed by atoms with Crippen LogP contribution in [0.25, 0.3) is 22.0 Å². The van der Waals surface area contributed by atoms with Crippen LogP contribution >= 0.6 is 0 Å². The molecular weight excluding hydrogens is 324 g/mol. The highest BCUT2D eigenvalue weighted by atomic mass is 16.3. The Balaban J connectivity index is 1.98. The summed E-state index contributed by atoms with van der Waals surface area (Å²) in [4.78, 5) is 12.8. The molecule has 0 saturated heterocycles. The van der Waals surface area contributed by atoms with Crippen LogP contribution in [-0.2, 0) is 0 Å². The first-order valence-corrected chi connectivity index (χ1v) is 8.22. The molecule has 0 bridgehead atoms. The Hall–Kier alpha value is -3.47. The van der Waals surface area contributed by atoms with Gasteiger partial charge in [-0.05, 0) is 36.3 Å². The molecule has 2 aromatic heterocycles. The number of allylic oxidation sites excluding steroid dienone is 2. The number of aromatic hydroxyl groups is 1. The van der Waals surface area contributed by atoms with E-state index in [9.17, 15) is 5.11 Å². The number of benzene rings is 1. The average Bonchev–Trinajstić information content (AvgIpc) is 2.66. The number of pyridine rings is 1. The summed E-state index contributed by atoms with van der Waals surface area (Å²) in [7, 11) is 0. The first-order chi connectivity index (χ1) is 12.6. The summed E-state index contributed by atoms with van der Waals surface area (Å²) in [5, 5.41) is 13.9. The minimum absolute atomic E-state index is 0.00427. The molecule has 0 aliphatic rings. The van der Waals surface area contributed by atoms with Gasteiger partial charge in [-0.3, -0.25) is 4.98 Å². The summed E-state index contributed by atoms with van der Waals surface area (Å²) in [5.74, 6) is 0.856. The molecule has 26 heavy (non-hydrogen) atoms. The molecule has 3 aromatic rings. The van der Waals surface area contributed by atoms with Crippen LogP contribution in [0.5, 0.6) is 5.75 Å². The van der Waals surface area contributed by atoms with Crippen LogP contribution in [-0.4, -0.2) is 26.1 Å². The zero-order valence-corrected chi connectivity index (χ0v) is 14.6. The van der Waals surface area contributed by atoms with Gasteiger partial charge in [0.2, 0.25) is 0 Å².